The van der Waals surface area contributed by atoms with E-state index in [9.17, 15) is 4.55 Å². The van der Waals surface area contributed by atoms with Gasteiger partial charge in [-0.05, 0) is 17.3 Å². The maximum absolute atomic E-state index is 10.4. The van der Waals surface area contributed by atoms with E-state index in [4.69, 9.17) is 0 Å². The van der Waals surface area contributed by atoms with E-state index in [1.807, 2.05) is 6.08 Å². The number of hydrogen-bond acceptors (Lipinski definition) is 1. The maximum atomic E-state index is 10.4. The molecule has 0 saturated carbocycles. The van der Waals surface area contributed by atoms with Crippen LogP contribution >= 0.6 is 0 Å². The molecule has 0 aromatic heterocycles. The minimum Gasteiger partial charge on any atom is -0.615 e. The van der Waals surface area contributed by atoms with Gasteiger partial charge in [0.25, 0.3) is 5.75 Å². The van der Waals surface area contributed by atoms with Gasteiger partial charge in [-0.2, -0.15) is 0 Å². The second-order valence-corrected chi connectivity index (χ2v) is 2.69. The Morgan fingerprint density at radius 3 is 2.86 bits per heavy atom. The number of rotatable bonds is 0. The normalized spacial score (nSPS) is 30.7. The van der Waals surface area contributed by atoms with Crippen molar-refractivity contribution >= 4 is 11.2 Å². The highest BCUT2D eigenvalue weighted by Gasteiger charge is 2.07. The summed E-state index contributed by atoms with van der Waals surface area (Å²) in [6.45, 7) is 0. The Labute approximate surface area is 46.6 Å². The van der Waals surface area contributed by atoms with Crippen molar-refractivity contribution < 1.29 is 4.55 Å². The molecular weight excluding hydrogens is 108 g/mol. The lowest BCUT2D eigenvalue weighted by Gasteiger charge is -2.06. The third kappa shape index (κ3) is 1.53. The molecule has 1 atom stereocenters. The first-order valence-electron chi connectivity index (χ1n) is 2.19. The number of hydrogen-bond donors (Lipinski definition) is 0. The Hall–Kier alpha value is 0.0500. The van der Waals surface area contributed by atoms with Crippen molar-refractivity contribution in [2.75, 3.05) is 5.75 Å². The minimum atomic E-state index is -0.777. The molecule has 0 spiro atoms. The van der Waals surface area contributed by atoms with E-state index in [0.29, 0.717) is 0 Å². The molecular formula is C5H6OS. The molecule has 7 heavy (non-hydrogen) atoms. The van der Waals surface area contributed by atoms with Gasteiger partial charge in [-0.25, -0.2) is 0 Å². The van der Waals surface area contributed by atoms with Crippen LogP contribution in [0.4, 0.5) is 0 Å². The van der Waals surface area contributed by atoms with Crippen molar-refractivity contribution in [1.29, 1.82) is 0 Å². The molecule has 1 aliphatic heterocycles. The van der Waals surface area contributed by atoms with E-state index in [2.05, 4.69) is 5.75 Å². The molecule has 1 unspecified atom stereocenters. The SMILES string of the molecule is [O-][S+]1[C]C=CCC1. The second-order valence-electron chi connectivity index (χ2n) is 1.36. The molecule has 1 aliphatic rings. The quantitative estimate of drug-likeness (QED) is 0.426. The van der Waals surface area contributed by atoms with E-state index in [-0.39, 0.29) is 0 Å². The second kappa shape index (κ2) is 2.38. The van der Waals surface area contributed by atoms with Crippen LogP contribution in [0.15, 0.2) is 12.2 Å². The van der Waals surface area contributed by atoms with Crippen molar-refractivity contribution in [3.05, 3.63) is 17.9 Å². The van der Waals surface area contributed by atoms with Gasteiger partial charge in [-0.15, -0.1) is 0 Å². The molecule has 2 radical (unpaired) electrons. The molecule has 0 fully saturated rings. The van der Waals surface area contributed by atoms with Crippen LogP contribution in [0.3, 0.4) is 0 Å². The standard InChI is InChI=1S/C5H6OS/c6-7-4-2-1-3-5-7/h1-2H,3,5H2. The Morgan fingerprint density at radius 2 is 2.57 bits per heavy atom. The first-order chi connectivity index (χ1) is 3.39. The molecule has 0 N–H and O–H groups in total. The van der Waals surface area contributed by atoms with Crippen LogP contribution in [0.1, 0.15) is 6.42 Å². The lowest BCUT2D eigenvalue weighted by molar-refractivity contribution is 0.600. The highest BCUT2D eigenvalue weighted by Crippen LogP contribution is 2.06. The van der Waals surface area contributed by atoms with Crippen LogP contribution < -0.4 is 0 Å². The van der Waals surface area contributed by atoms with Gasteiger partial charge in [0.05, 0.1) is 0 Å². The smallest absolute Gasteiger partial charge is 0.262 e. The van der Waals surface area contributed by atoms with Crippen LogP contribution in [0.25, 0.3) is 0 Å². The van der Waals surface area contributed by atoms with E-state index in [1.54, 1.807) is 6.08 Å². The van der Waals surface area contributed by atoms with Crippen molar-refractivity contribution in [3.63, 3.8) is 0 Å². The fourth-order valence-corrected chi connectivity index (χ4v) is 1.16. The van der Waals surface area contributed by atoms with Crippen molar-refractivity contribution in [1.82, 2.24) is 0 Å². The topological polar surface area (TPSA) is 23.1 Å². The Bertz CT molecular complexity index is 80.1. The summed E-state index contributed by atoms with van der Waals surface area (Å²) in [5, 5.41) is 0. The van der Waals surface area contributed by atoms with Gasteiger partial charge in [0.2, 0.25) is 0 Å². The van der Waals surface area contributed by atoms with Gasteiger partial charge in [0.15, 0.2) is 0 Å². The molecule has 1 heterocycles. The van der Waals surface area contributed by atoms with E-state index in [1.165, 1.54) is 0 Å². The fourth-order valence-electron chi connectivity index (χ4n) is 0.441. The third-order valence-electron chi connectivity index (χ3n) is 0.787. The van der Waals surface area contributed by atoms with Crippen LogP contribution in [-0.4, -0.2) is 10.3 Å². The van der Waals surface area contributed by atoms with Crippen molar-refractivity contribution in [3.8, 4) is 0 Å². The van der Waals surface area contributed by atoms with Crippen molar-refractivity contribution in [2.45, 2.75) is 6.42 Å². The zero-order chi connectivity index (χ0) is 5.11. The fraction of sp³-hybridized carbons (Fsp3) is 0.400. The van der Waals surface area contributed by atoms with E-state index < -0.39 is 11.2 Å². The lowest BCUT2D eigenvalue weighted by Crippen LogP contribution is -2.07. The molecule has 1 rings (SSSR count). The van der Waals surface area contributed by atoms with Crippen LogP contribution in [0.2, 0.25) is 0 Å². The van der Waals surface area contributed by atoms with Gasteiger partial charge in [0, 0.05) is 6.42 Å². The van der Waals surface area contributed by atoms with Gasteiger partial charge in [-0.1, -0.05) is 6.08 Å². The predicted octanol–water partition coefficient (Wildman–Crippen LogP) is 0.734. The summed E-state index contributed by atoms with van der Waals surface area (Å²) < 4.78 is 10.4. The molecule has 38 valence electrons. The van der Waals surface area contributed by atoms with Gasteiger partial charge in [-0.3, -0.25) is 0 Å². The zero-order valence-electron chi connectivity index (χ0n) is 3.89. The highest BCUT2D eigenvalue weighted by molar-refractivity contribution is 7.93. The summed E-state index contributed by atoms with van der Waals surface area (Å²) >= 11 is -0.777. The molecule has 0 amide bonds. The molecule has 0 saturated heterocycles. The van der Waals surface area contributed by atoms with Crippen LogP contribution in [-0.2, 0) is 11.2 Å². The third-order valence-corrected chi connectivity index (χ3v) is 1.79. The zero-order valence-corrected chi connectivity index (χ0v) is 4.70. The molecule has 1 nitrogen and oxygen atoms in total. The average Bonchev–Trinajstić information content (AvgIpc) is 1.69. The minimum absolute atomic E-state index is 0.760. The number of allylic oxidation sites excluding steroid dienone is 1. The van der Waals surface area contributed by atoms with Gasteiger partial charge < -0.3 is 4.55 Å². The molecule has 0 aromatic rings. The summed E-state index contributed by atoms with van der Waals surface area (Å²) in [6, 6.07) is 0. The van der Waals surface area contributed by atoms with Crippen LogP contribution in [0, 0.1) is 5.75 Å². The Balaban J connectivity index is 2.32. The monoisotopic (exact) mass is 114 g/mol. The maximum Gasteiger partial charge on any atom is 0.262 e. The lowest BCUT2D eigenvalue weighted by atomic mass is 10.4. The highest BCUT2D eigenvalue weighted by atomic mass is 32.2. The molecule has 0 aromatic carbocycles. The van der Waals surface area contributed by atoms with Crippen LogP contribution in [0.5, 0.6) is 0 Å². The summed E-state index contributed by atoms with van der Waals surface area (Å²) in [5.41, 5.74) is 0. The summed E-state index contributed by atoms with van der Waals surface area (Å²) in [5.74, 6) is 3.43. The van der Waals surface area contributed by atoms with Crippen molar-refractivity contribution in [2.24, 2.45) is 0 Å². The first-order valence-corrected chi connectivity index (χ1v) is 3.51. The van der Waals surface area contributed by atoms with Gasteiger partial charge in [0.1, 0.15) is 5.75 Å². The predicted molar refractivity (Wildman–Crippen MR) is 30.0 cm³/mol. The Kier molecular flexibility index (Phi) is 1.77. The Morgan fingerprint density at radius 1 is 1.71 bits per heavy atom. The summed E-state index contributed by atoms with van der Waals surface area (Å²) in [4.78, 5) is 0. The largest absolute Gasteiger partial charge is 0.615 e. The van der Waals surface area contributed by atoms with Gasteiger partial charge >= 0.3 is 0 Å². The van der Waals surface area contributed by atoms with E-state index in [0.717, 1.165) is 12.2 Å². The first kappa shape index (κ1) is 5.19. The summed E-state index contributed by atoms with van der Waals surface area (Å²) in [6.07, 6.45) is 4.65. The van der Waals surface area contributed by atoms with E-state index >= 15 is 0 Å². The molecule has 0 aliphatic carbocycles. The summed E-state index contributed by atoms with van der Waals surface area (Å²) in [7, 11) is 0. The average molecular weight is 114 g/mol. The molecule has 2 heteroatoms. The molecule has 0 bridgehead atoms.